The summed E-state index contributed by atoms with van der Waals surface area (Å²) in [5, 5.41) is 9.05. The normalized spacial score (nSPS) is 16.4. The van der Waals surface area contributed by atoms with E-state index < -0.39 is 20.7 Å². The van der Waals surface area contributed by atoms with Crippen LogP contribution in [0.15, 0.2) is 21.5 Å². The van der Waals surface area contributed by atoms with Gasteiger partial charge < -0.3 is 10.8 Å². The monoisotopic (exact) mass is 366 g/mol. The Kier molecular flexibility index (Phi) is 4.68. The maximum Gasteiger partial charge on any atom is 0.246 e. The molecule has 0 radical (unpaired) electrons. The Hall–Kier alpha value is -0.700. The van der Waals surface area contributed by atoms with E-state index in [1.807, 2.05) is 0 Å². The van der Waals surface area contributed by atoms with E-state index in [0.29, 0.717) is 4.47 Å². The van der Waals surface area contributed by atoms with Gasteiger partial charge in [-0.05, 0) is 40.9 Å². The predicted octanol–water partition coefficient (Wildman–Crippen LogP) is 1.71. The molecular weight excluding hydrogens is 351 g/mol. The SMILES string of the molecule is Nc1cc(S(=O)(=O)N(CCO)C2CCC2)c(F)cc1Br. The van der Waals surface area contributed by atoms with E-state index in [2.05, 4.69) is 15.9 Å². The highest BCUT2D eigenvalue weighted by Gasteiger charge is 2.36. The molecule has 2 rings (SSSR count). The average Bonchev–Trinajstić information content (AvgIpc) is 2.30. The molecule has 112 valence electrons. The van der Waals surface area contributed by atoms with E-state index >= 15 is 0 Å². The predicted molar refractivity (Wildman–Crippen MR) is 77.1 cm³/mol. The van der Waals surface area contributed by atoms with Crippen LogP contribution in [0.2, 0.25) is 0 Å². The lowest BCUT2D eigenvalue weighted by Crippen LogP contribution is -2.45. The lowest BCUT2D eigenvalue weighted by atomic mass is 9.93. The fourth-order valence-electron chi connectivity index (χ4n) is 2.14. The van der Waals surface area contributed by atoms with Crippen molar-refractivity contribution in [2.75, 3.05) is 18.9 Å². The third kappa shape index (κ3) is 2.83. The Bertz CT molecular complexity index is 605. The van der Waals surface area contributed by atoms with Crippen molar-refractivity contribution < 1.29 is 17.9 Å². The second-order valence-corrected chi connectivity index (χ2v) is 7.44. The summed E-state index contributed by atoms with van der Waals surface area (Å²) in [5.74, 6) is -0.853. The molecule has 0 saturated heterocycles. The summed E-state index contributed by atoms with van der Waals surface area (Å²) in [7, 11) is -4.00. The van der Waals surface area contributed by atoms with E-state index in [-0.39, 0.29) is 24.9 Å². The topological polar surface area (TPSA) is 83.6 Å². The maximum absolute atomic E-state index is 14.0. The summed E-state index contributed by atoms with van der Waals surface area (Å²) < 4.78 is 40.5. The highest BCUT2D eigenvalue weighted by atomic mass is 79.9. The highest BCUT2D eigenvalue weighted by molar-refractivity contribution is 9.10. The molecule has 0 aromatic heterocycles. The maximum atomic E-state index is 14.0. The number of sulfonamides is 1. The molecule has 1 saturated carbocycles. The first kappa shape index (κ1) is 15.7. The second-order valence-electron chi connectivity index (χ2n) is 4.73. The van der Waals surface area contributed by atoms with Gasteiger partial charge in [-0.15, -0.1) is 0 Å². The number of nitrogen functional groups attached to an aromatic ring is 1. The molecule has 1 aromatic rings. The minimum absolute atomic E-state index is 0.0393. The Labute approximate surface area is 125 Å². The first-order chi connectivity index (χ1) is 9.37. The summed E-state index contributed by atoms with van der Waals surface area (Å²) in [6.45, 7) is -0.342. The Morgan fingerprint density at radius 1 is 1.45 bits per heavy atom. The zero-order valence-electron chi connectivity index (χ0n) is 10.7. The number of rotatable bonds is 5. The molecule has 1 aliphatic rings. The summed E-state index contributed by atoms with van der Waals surface area (Å²) in [6.07, 6.45) is 2.40. The van der Waals surface area contributed by atoms with Gasteiger partial charge >= 0.3 is 0 Å². The van der Waals surface area contributed by atoms with Crippen molar-refractivity contribution in [2.24, 2.45) is 0 Å². The number of hydrogen-bond donors (Lipinski definition) is 2. The van der Waals surface area contributed by atoms with Crippen LogP contribution in [-0.2, 0) is 10.0 Å². The summed E-state index contributed by atoms with van der Waals surface area (Å²) in [6, 6.07) is 1.98. The standard InChI is InChI=1S/C12H16BrFN2O3S/c13-9-6-10(14)12(7-11(9)15)20(18,19)16(4-5-17)8-2-1-3-8/h6-8,17H,1-5,15H2. The molecule has 0 atom stereocenters. The van der Waals surface area contributed by atoms with Gasteiger partial charge in [0, 0.05) is 22.7 Å². The van der Waals surface area contributed by atoms with Gasteiger partial charge in [0.1, 0.15) is 10.7 Å². The van der Waals surface area contributed by atoms with Crippen molar-refractivity contribution in [2.45, 2.75) is 30.2 Å². The molecule has 0 amide bonds. The van der Waals surface area contributed by atoms with Gasteiger partial charge in [0.25, 0.3) is 0 Å². The number of halogens is 2. The van der Waals surface area contributed by atoms with E-state index in [4.69, 9.17) is 10.8 Å². The van der Waals surface area contributed by atoms with Crippen LogP contribution in [0.5, 0.6) is 0 Å². The molecule has 0 unspecified atom stereocenters. The van der Waals surface area contributed by atoms with Crippen molar-refractivity contribution in [3.05, 3.63) is 22.4 Å². The van der Waals surface area contributed by atoms with Crippen molar-refractivity contribution in [1.29, 1.82) is 0 Å². The largest absolute Gasteiger partial charge is 0.398 e. The molecule has 0 bridgehead atoms. The lowest BCUT2D eigenvalue weighted by Gasteiger charge is -2.36. The number of hydrogen-bond acceptors (Lipinski definition) is 4. The fourth-order valence-corrected chi connectivity index (χ4v) is 4.22. The van der Waals surface area contributed by atoms with Crippen LogP contribution in [0, 0.1) is 5.82 Å². The second kappa shape index (κ2) is 5.97. The zero-order chi connectivity index (χ0) is 14.9. The van der Waals surface area contributed by atoms with Crippen LogP contribution in [0.3, 0.4) is 0 Å². The summed E-state index contributed by atoms with van der Waals surface area (Å²) >= 11 is 3.06. The van der Waals surface area contributed by atoms with E-state index in [1.165, 1.54) is 4.31 Å². The molecule has 3 N–H and O–H groups in total. The number of aliphatic hydroxyl groups is 1. The number of aliphatic hydroxyl groups excluding tert-OH is 1. The molecule has 1 aromatic carbocycles. The quantitative estimate of drug-likeness (QED) is 0.776. The zero-order valence-corrected chi connectivity index (χ0v) is 13.1. The molecule has 1 fully saturated rings. The van der Waals surface area contributed by atoms with E-state index in [0.717, 1.165) is 31.4 Å². The van der Waals surface area contributed by atoms with Crippen LogP contribution >= 0.6 is 15.9 Å². The van der Waals surface area contributed by atoms with Crippen molar-refractivity contribution in [3.8, 4) is 0 Å². The molecule has 0 spiro atoms. The van der Waals surface area contributed by atoms with Crippen molar-refractivity contribution in [3.63, 3.8) is 0 Å². The third-order valence-electron chi connectivity index (χ3n) is 3.44. The lowest BCUT2D eigenvalue weighted by molar-refractivity contribution is 0.178. The minimum Gasteiger partial charge on any atom is -0.398 e. The smallest absolute Gasteiger partial charge is 0.246 e. The summed E-state index contributed by atoms with van der Waals surface area (Å²) in [4.78, 5) is -0.446. The first-order valence-electron chi connectivity index (χ1n) is 6.25. The van der Waals surface area contributed by atoms with Crippen molar-refractivity contribution >= 4 is 31.6 Å². The molecule has 20 heavy (non-hydrogen) atoms. The Morgan fingerprint density at radius 2 is 2.10 bits per heavy atom. The molecule has 1 aliphatic carbocycles. The van der Waals surface area contributed by atoms with Gasteiger partial charge in [0.05, 0.1) is 6.61 Å². The van der Waals surface area contributed by atoms with Crippen LogP contribution < -0.4 is 5.73 Å². The molecular formula is C12H16BrFN2O3S. The Balaban J connectivity index is 2.44. The number of nitrogens with zero attached hydrogens (tertiary/aromatic N) is 1. The van der Waals surface area contributed by atoms with E-state index in [9.17, 15) is 12.8 Å². The average molecular weight is 367 g/mol. The van der Waals surface area contributed by atoms with Crippen LogP contribution in [0.25, 0.3) is 0 Å². The first-order valence-corrected chi connectivity index (χ1v) is 8.48. The van der Waals surface area contributed by atoms with Crippen LogP contribution in [0.4, 0.5) is 10.1 Å². The van der Waals surface area contributed by atoms with Gasteiger partial charge in [0.15, 0.2) is 0 Å². The summed E-state index contributed by atoms with van der Waals surface area (Å²) in [5.41, 5.74) is 5.79. The van der Waals surface area contributed by atoms with Gasteiger partial charge in [-0.3, -0.25) is 0 Å². The number of nitrogens with two attached hydrogens (primary N) is 1. The van der Waals surface area contributed by atoms with Gasteiger partial charge in [-0.2, -0.15) is 4.31 Å². The van der Waals surface area contributed by atoms with Gasteiger partial charge in [-0.25, -0.2) is 12.8 Å². The highest BCUT2D eigenvalue weighted by Crippen LogP contribution is 2.33. The van der Waals surface area contributed by atoms with Gasteiger partial charge in [0.2, 0.25) is 10.0 Å². The molecule has 0 heterocycles. The number of benzene rings is 1. The fraction of sp³-hybridized carbons (Fsp3) is 0.500. The van der Waals surface area contributed by atoms with Crippen molar-refractivity contribution in [1.82, 2.24) is 4.31 Å². The van der Waals surface area contributed by atoms with Gasteiger partial charge in [-0.1, -0.05) is 6.42 Å². The minimum atomic E-state index is -4.00. The molecule has 0 aliphatic heterocycles. The van der Waals surface area contributed by atoms with Crippen LogP contribution in [0.1, 0.15) is 19.3 Å². The Morgan fingerprint density at radius 3 is 2.60 bits per heavy atom. The third-order valence-corrected chi connectivity index (χ3v) is 6.09. The van der Waals surface area contributed by atoms with E-state index in [1.54, 1.807) is 0 Å². The van der Waals surface area contributed by atoms with Crippen LogP contribution in [-0.4, -0.2) is 37.0 Å². The molecule has 8 heteroatoms. The number of anilines is 1. The molecule has 5 nitrogen and oxygen atoms in total.